The number of carbonyl (C=O) groups excluding carboxylic acids is 2. The van der Waals surface area contributed by atoms with Crippen molar-refractivity contribution in [3.8, 4) is 11.3 Å². The number of halogens is 1. The zero-order valence-corrected chi connectivity index (χ0v) is 16.4. The molecule has 2 amide bonds. The number of fused-ring (bicyclic) bond motifs is 1. The van der Waals surface area contributed by atoms with Crippen LogP contribution in [0.4, 0.5) is 5.69 Å². The third kappa shape index (κ3) is 4.27. The Labute approximate surface area is 173 Å². The van der Waals surface area contributed by atoms with E-state index in [0.29, 0.717) is 16.3 Å². The molecule has 0 saturated heterocycles. The second-order valence-corrected chi connectivity index (χ2v) is 7.21. The molecule has 7 heteroatoms. The van der Waals surface area contributed by atoms with Gasteiger partial charge in [0.1, 0.15) is 5.76 Å². The number of benzene rings is 2. The summed E-state index contributed by atoms with van der Waals surface area (Å²) in [6.45, 7) is 0.970. The normalized spacial score (nSPS) is 12.9. The van der Waals surface area contributed by atoms with Crippen LogP contribution in [0.1, 0.15) is 22.5 Å². The van der Waals surface area contributed by atoms with Crippen molar-refractivity contribution < 1.29 is 14.0 Å². The summed E-state index contributed by atoms with van der Waals surface area (Å²) in [5, 5.41) is 0.531. The molecule has 6 nitrogen and oxygen atoms in total. The Morgan fingerprint density at radius 1 is 1.00 bits per heavy atom. The van der Waals surface area contributed by atoms with Crippen molar-refractivity contribution in [2.75, 3.05) is 18.0 Å². The summed E-state index contributed by atoms with van der Waals surface area (Å²) >= 11 is 6.16. The van der Waals surface area contributed by atoms with Crippen molar-refractivity contribution in [2.45, 2.75) is 12.8 Å². The van der Waals surface area contributed by atoms with E-state index < -0.39 is 5.91 Å². The average molecular weight is 410 g/mol. The number of hydrogen-bond donors (Lipinski definition) is 2. The maximum absolute atomic E-state index is 12.3. The third-order valence-corrected chi connectivity index (χ3v) is 5.16. The predicted octanol–water partition coefficient (Wildman–Crippen LogP) is 3.81. The molecule has 0 atom stereocenters. The van der Waals surface area contributed by atoms with Gasteiger partial charge >= 0.3 is 5.91 Å². The first-order valence-electron chi connectivity index (χ1n) is 9.38. The molecule has 2 N–H and O–H groups in total. The van der Waals surface area contributed by atoms with E-state index in [1.54, 1.807) is 24.3 Å². The van der Waals surface area contributed by atoms with E-state index in [9.17, 15) is 9.59 Å². The second kappa shape index (κ2) is 8.41. The van der Waals surface area contributed by atoms with Gasteiger partial charge in [-0.2, -0.15) is 0 Å². The van der Waals surface area contributed by atoms with E-state index in [0.717, 1.165) is 25.1 Å². The minimum atomic E-state index is -0.532. The lowest BCUT2D eigenvalue weighted by Crippen LogP contribution is -2.47. The van der Waals surface area contributed by atoms with Gasteiger partial charge in [-0.25, -0.2) is 0 Å². The van der Waals surface area contributed by atoms with Gasteiger partial charge in [-0.05, 0) is 48.7 Å². The van der Waals surface area contributed by atoms with Crippen molar-refractivity contribution in [3.63, 3.8) is 0 Å². The highest BCUT2D eigenvalue weighted by Crippen LogP contribution is 2.29. The molecule has 1 aliphatic heterocycles. The van der Waals surface area contributed by atoms with E-state index in [1.165, 1.54) is 5.56 Å². The van der Waals surface area contributed by atoms with Gasteiger partial charge in [-0.15, -0.1) is 0 Å². The van der Waals surface area contributed by atoms with Gasteiger partial charge in [-0.1, -0.05) is 41.9 Å². The topological polar surface area (TPSA) is 74.6 Å². The van der Waals surface area contributed by atoms with Gasteiger partial charge in [-0.3, -0.25) is 20.4 Å². The highest BCUT2D eigenvalue weighted by molar-refractivity contribution is 6.33. The maximum Gasteiger partial charge on any atom is 0.305 e. The lowest BCUT2D eigenvalue weighted by Gasteiger charge is -2.30. The number of anilines is 1. The minimum Gasteiger partial charge on any atom is -0.451 e. The quantitative estimate of drug-likeness (QED) is 0.642. The molecule has 2 heterocycles. The van der Waals surface area contributed by atoms with Crippen molar-refractivity contribution in [1.82, 2.24) is 10.9 Å². The summed E-state index contributed by atoms with van der Waals surface area (Å²) in [5.74, 6) is -0.260. The molecule has 0 fully saturated rings. The molecule has 0 aliphatic carbocycles. The molecule has 3 aromatic rings. The Hall–Kier alpha value is -3.25. The third-order valence-electron chi connectivity index (χ3n) is 4.83. The minimum absolute atomic E-state index is 0.0866. The van der Waals surface area contributed by atoms with Crippen LogP contribution >= 0.6 is 11.6 Å². The average Bonchev–Trinajstić information content (AvgIpc) is 3.23. The molecule has 148 valence electrons. The van der Waals surface area contributed by atoms with Crippen molar-refractivity contribution in [2.24, 2.45) is 0 Å². The molecule has 4 rings (SSSR count). The zero-order valence-electron chi connectivity index (χ0n) is 15.7. The highest BCUT2D eigenvalue weighted by Gasteiger charge is 2.19. The number of hydrogen-bond acceptors (Lipinski definition) is 4. The fourth-order valence-electron chi connectivity index (χ4n) is 3.44. The second-order valence-electron chi connectivity index (χ2n) is 6.80. The Morgan fingerprint density at radius 2 is 1.79 bits per heavy atom. The number of para-hydroxylation sites is 1. The summed E-state index contributed by atoms with van der Waals surface area (Å²) in [6.07, 6.45) is 2.01. The van der Waals surface area contributed by atoms with E-state index >= 15 is 0 Å². The van der Waals surface area contributed by atoms with Gasteiger partial charge in [0.05, 0.1) is 11.6 Å². The number of aryl methyl sites for hydroxylation is 1. The number of rotatable bonds is 4. The largest absolute Gasteiger partial charge is 0.451 e. The molecule has 1 aliphatic rings. The Kier molecular flexibility index (Phi) is 5.53. The molecule has 2 aromatic carbocycles. The van der Waals surface area contributed by atoms with Gasteiger partial charge in [0.25, 0.3) is 5.91 Å². The number of hydrazine groups is 1. The summed E-state index contributed by atoms with van der Waals surface area (Å²) in [6, 6.07) is 18.5. The molecule has 1 aromatic heterocycles. The number of nitrogens with one attached hydrogen (secondary N) is 2. The van der Waals surface area contributed by atoms with Crippen molar-refractivity contribution in [1.29, 1.82) is 0 Å². The monoisotopic (exact) mass is 409 g/mol. The lowest BCUT2D eigenvalue weighted by atomic mass is 10.0. The SMILES string of the molecule is O=C(CN1CCCc2ccccc21)NNC(=O)c1ccc(-c2ccccc2Cl)o1. The van der Waals surface area contributed by atoms with E-state index in [2.05, 4.69) is 16.9 Å². The van der Waals surface area contributed by atoms with E-state index in [-0.39, 0.29) is 18.2 Å². The van der Waals surface area contributed by atoms with Crippen LogP contribution in [-0.2, 0) is 11.2 Å². The number of nitrogens with zero attached hydrogens (tertiary/aromatic N) is 1. The molecule has 0 saturated carbocycles. The first kappa shape index (κ1) is 19.1. The predicted molar refractivity (Wildman–Crippen MR) is 112 cm³/mol. The van der Waals surface area contributed by atoms with Crippen LogP contribution in [0.25, 0.3) is 11.3 Å². The van der Waals surface area contributed by atoms with Crippen LogP contribution in [0.5, 0.6) is 0 Å². The van der Waals surface area contributed by atoms with Crippen molar-refractivity contribution in [3.05, 3.63) is 77.0 Å². The van der Waals surface area contributed by atoms with Gasteiger partial charge in [0.15, 0.2) is 5.76 Å². The Balaban J connectivity index is 1.35. The van der Waals surface area contributed by atoms with Gasteiger partial charge in [0.2, 0.25) is 0 Å². The van der Waals surface area contributed by atoms with Gasteiger partial charge < -0.3 is 9.32 Å². The zero-order chi connectivity index (χ0) is 20.2. The first-order valence-corrected chi connectivity index (χ1v) is 9.76. The van der Waals surface area contributed by atoms with Gasteiger partial charge in [0, 0.05) is 17.8 Å². The van der Waals surface area contributed by atoms with Crippen LogP contribution in [0.3, 0.4) is 0 Å². The summed E-state index contributed by atoms with van der Waals surface area (Å²) < 4.78 is 5.58. The van der Waals surface area contributed by atoms with Crippen LogP contribution in [-0.4, -0.2) is 24.9 Å². The van der Waals surface area contributed by atoms with Crippen LogP contribution in [0.15, 0.2) is 65.1 Å². The van der Waals surface area contributed by atoms with Crippen molar-refractivity contribution >= 4 is 29.1 Å². The number of furan rings is 1. The molecule has 29 heavy (non-hydrogen) atoms. The molecular weight excluding hydrogens is 390 g/mol. The number of amides is 2. The molecule has 0 spiro atoms. The van der Waals surface area contributed by atoms with E-state index in [1.807, 2.05) is 35.2 Å². The maximum atomic E-state index is 12.3. The highest BCUT2D eigenvalue weighted by atomic mass is 35.5. The van der Waals surface area contributed by atoms with Crippen LogP contribution < -0.4 is 15.8 Å². The smallest absolute Gasteiger partial charge is 0.305 e. The first-order chi connectivity index (χ1) is 14.1. The molecule has 0 bridgehead atoms. The fraction of sp³-hybridized carbons (Fsp3) is 0.182. The summed E-state index contributed by atoms with van der Waals surface area (Å²) in [7, 11) is 0. The molecule has 0 radical (unpaired) electrons. The molecular formula is C22H20ClN3O3. The molecule has 0 unspecified atom stereocenters. The van der Waals surface area contributed by atoms with Crippen LogP contribution in [0, 0.1) is 0 Å². The lowest BCUT2D eigenvalue weighted by molar-refractivity contribution is -0.120. The number of carbonyl (C=O) groups is 2. The Bertz CT molecular complexity index is 1050. The summed E-state index contributed by atoms with van der Waals surface area (Å²) in [5.41, 5.74) is 7.85. The fourth-order valence-corrected chi connectivity index (χ4v) is 3.67. The summed E-state index contributed by atoms with van der Waals surface area (Å²) in [4.78, 5) is 26.6. The van der Waals surface area contributed by atoms with E-state index in [4.69, 9.17) is 16.0 Å². The Morgan fingerprint density at radius 3 is 2.66 bits per heavy atom. The standard InChI is InChI=1S/C22H20ClN3O3/c23-17-9-3-2-8-16(17)19-11-12-20(29-19)22(28)25-24-21(27)14-26-13-5-7-15-6-1-4-10-18(15)26/h1-4,6,8-12H,5,7,13-14H2,(H,24,27)(H,25,28). The van der Waals surface area contributed by atoms with Crippen LogP contribution in [0.2, 0.25) is 5.02 Å².